The van der Waals surface area contributed by atoms with Crippen LogP contribution < -0.4 is 9.47 Å². The highest BCUT2D eigenvalue weighted by Gasteiger charge is 2.36. The monoisotopic (exact) mass is 428 g/mol. The van der Waals surface area contributed by atoms with Gasteiger partial charge >= 0.3 is 5.97 Å². The largest absolute Gasteiger partial charge is 0.493 e. The maximum atomic E-state index is 13.2. The number of carbonyl (C=O) groups is 2. The third kappa shape index (κ3) is 4.93. The number of nitro groups is 1. The Morgan fingerprint density at radius 2 is 1.87 bits per heavy atom. The van der Waals surface area contributed by atoms with E-state index in [-0.39, 0.29) is 23.7 Å². The van der Waals surface area contributed by atoms with Crippen LogP contribution in [0.2, 0.25) is 0 Å². The van der Waals surface area contributed by atoms with E-state index in [0.717, 1.165) is 12.0 Å². The summed E-state index contributed by atoms with van der Waals surface area (Å²) in [6.07, 6.45) is 1.91. The van der Waals surface area contributed by atoms with E-state index in [2.05, 4.69) is 0 Å². The molecule has 1 unspecified atom stereocenters. The number of benzene rings is 2. The predicted molar refractivity (Wildman–Crippen MR) is 111 cm³/mol. The number of nitrogens with zero attached hydrogens (tertiary/aromatic N) is 2. The van der Waals surface area contributed by atoms with Crippen LogP contribution in [0, 0.1) is 10.1 Å². The highest BCUT2D eigenvalue weighted by atomic mass is 16.6. The van der Waals surface area contributed by atoms with Gasteiger partial charge in [-0.2, -0.15) is 0 Å². The van der Waals surface area contributed by atoms with Crippen molar-refractivity contribution in [2.24, 2.45) is 0 Å². The molecule has 1 aliphatic heterocycles. The molecule has 1 atom stereocenters. The lowest BCUT2D eigenvalue weighted by molar-refractivity contribution is -0.385. The number of ether oxygens (including phenoxy) is 3. The fourth-order valence-corrected chi connectivity index (χ4v) is 3.59. The van der Waals surface area contributed by atoms with Crippen molar-refractivity contribution in [3.05, 3.63) is 63.7 Å². The van der Waals surface area contributed by atoms with Crippen molar-refractivity contribution >= 4 is 17.6 Å². The maximum Gasteiger partial charge on any atom is 0.328 e. The molecule has 0 bridgehead atoms. The summed E-state index contributed by atoms with van der Waals surface area (Å²) >= 11 is 0. The second-order valence-electron chi connectivity index (χ2n) is 7.08. The summed E-state index contributed by atoms with van der Waals surface area (Å²) in [5.41, 5.74) is 0.300. The molecule has 0 aliphatic carbocycles. The predicted octanol–water partition coefficient (Wildman–Crippen LogP) is 3.35. The first-order valence-electron chi connectivity index (χ1n) is 9.88. The first-order chi connectivity index (χ1) is 15.0. The first kappa shape index (κ1) is 22.1. The molecule has 0 N–H and O–H groups in total. The quantitative estimate of drug-likeness (QED) is 0.378. The summed E-state index contributed by atoms with van der Waals surface area (Å²) in [6.45, 7) is 0.489. The standard InChI is InChI=1S/C22H24N2O7/c1-29-19-12-16(21(25)23-11-7-6-10-17(23)22(26)30-2)18(24(27)28)13-20(19)31-14-15-8-4-3-5-9-15/h3-5,8-9,12-13,17H,6-7,10-11,14H2,1-2H3. The van der Waals surface area contributed by atoms with E-state index >= 15 is 0 Å². The third-order valence-corrected chi connectivity index (χ3v) is 5.18. The van der Waals surface area contributed by atoms with Gasteiger partial charge in [0.2, 0.25) is 0 Å². The average Bonchev–Trinajstić information content (AvgIpc) is 2.81. The van der Waals surface area contributed by atoms with Crippen LogP contribution in [-0.4, -0.2) is 48.5 Å². The van der Waals surface area contributed by atoms with Crippen molar-refractivity contribution in [1.82, 2.24) is 4.90 Å². The molecule has 2 aromatic rings. The lowest BCUT2D eigenvalue weighted by Crippen LogP contribution is -2.48. The second kappa shape index (κ2) is 9.92. The van der Waals surface area contributed by atoms with E-state index in [1.807, 2.05) is 30.3 Å². The smallest absolute Gasteiger partial charge is 0.328 e. The number of carbonyl (C=O) groups excluding carboxylic acids is 2. The van der Waals surface area contributed by atoms with Crippen molar-refractivity contribution in [3.63, 3.8) is 0 Å². The summed E-state index contributed by atoms with van der Waals surface area (Å²) in [4.78, 5) is 37.8. The molecule has 0 spiro atoms. The van der Waals surface area contributed by atoms with Gasteiger partial charge < -0.3 is 19.1 Å². The van der Waals surface area contributed by atoms with Crippen molar-refractivity contribution in [2.75, 3.05) is 20.8 Å². The Kier molecular flexibility index (Phi) is 7.07. The number of rotatable bonds is 7. The lowest BCUT2D eigenvalue weighted by Gasteiger charge is -2.33. The average molecular weight is 428 g/mol. The van der Waals surface area contributed by atoms with Crippen LogP contribution in [0.3, 0.4) is 0 Å². The Bertz CT molecular complexity index is 962. The zero-order valence-electron chi connectivity index (χ0n) is 17.4. The molecule has 3 rings (SSSR count). The maximum absolute atomic E-state index is 13.2. The van der Waals surface area contributed by atoms with Crippen LogP contribution in [0.4, 0.5) is 5.69 Å². The molecule has 1 fully saturated rings. The molecular weight excluding hydrogens is 404 g/mol. The van der Waals surface area contributed by atoms with E-state index in [4.69, 9.17) is 14.2 Å². The molecule has 0 radical (unpaired) electrons. The van der Waals surface area contributed by atoms with Crippen LogP contribution in [0.5, 0.6) is 11.5 Å². The molecule has 9 heteroatoms. The minimum Gasteiger partial charge on any atom is -0.493 e. The molecule has 1 saturated heterocycles. The number of amides is 1. The van der Waals surface area contributed by atoms with Gasteiger partial charge in [0.25, 0.3) is 11.6 Å². The number of methoxy groups -OCH3 is 2. The van der Waals surface area contributed by atoms with Crippen LogP contribution in [0.15, 0.2) is 42.5 Å². The van der Waals surface area contributed by atoms with Crippen molar-refractivity contribution < 1.29 is 28.7 Å². The highest BCUT2D eigenvalue weighted by molar-refractivity contribution is 6.01. The number of likely N-dealkylation sites (tertiary alicyclic amines) is 1. The molecular formula is C22H24N2O7. The number of hydrogen-bond acceptors (Lipinski definition) is 7. The Morgan fingerprint density at radius 1 is 1.13 bits per heavy atom. The number of nitro benzene ring substituents is 1. The van der Waals surface area contributed by atoms with Gasteiger partial charge in [-0.3, -0.25) is 14.9 Å². The first-order valence-corrected chi connectivity index (χ1v) is 9.88. The fourth-order valence-electron chi connectivity index (χ4n) is 3.59. The Balaban J connectivity index is 1.94. The molecule has 1 aliphatic rings. The van der Waals surface area contributed by atoms with Crippen molar-refractivity contribution in [1.29, 1.82) is 0 Å². The molecule has 9 nitrogen and oxygen atoms in total. The Morgan fingerprint density at radius 3 is 2.52 bits per heavy atom. The Labute approximate surface area is 179 Å². The zero-order chi connectivity index (χ0) is 22.4. The van der Waals surface area contributed by atoms with Gasteiger partial charge in [0, 0.05) is 12.6 Å². The van der Waals surface area contributed by atoms with Crippen LogP contribution in [-0.2, 0) is 16.1 Å². The van der Waals surface area contributed by atoms with E-state index in [9.17, 15) is 19.7 Å². The summed E-state index contributed by atoms with van der Waals surface area (Å²) in [7, 11) is 2.65. The van der Waals surface area contributed by atoms with Gasteiger partial charge in [0.15, 0.2) is 11.5 Å². The van der Waals surface area contributed by atoms with Crippen LogP contribution in [0.25, 0.3) is 0 Å². The Hall–Kier alpha value is -3.62. The fraction of sp³-hybridized carbons (Fsp3) is 0.364. The van der Waals surface area contributed by atoms with Crippen molar-refractivity contribution in [2.45, 2.75) is 31.9 Å². The third-order valence-electron chi connectivity index (χ3n) is 5.18. The minimum absolute atomic E-state index is 0.151. The SMILES string of the molecule is COC(=O)C1CCCCN1C(=O)c1cc(OC)c(OCc2ccccc2)cc1[N+](=O)[O-]. The van der Waals surface area contributed by atoms with Gasteiger partial charge in [-0.25, -0.2) is 4.79 Å². The van der Waals surface area contributed by atoms with E-state index in [1.165, 1.54) is 31.3 Å². The van der Waals surface area contributed by atoms with Crippen LogP contribution in [0.1, 0.15) is 35.2 Å². The second-order valence-corrected chi connectivity index (χ2v) is 7.08. The van der Waals surface area contributed by atoms with E-state index in [1.54, 1.807) is 0 Å². The summed E-state index contributed by atoms with van der Waals surface area (Å²) < 4.78 is 15.9. The summed E-state index contributed by atoms with van der Waals surface area (Å²) in [5, 5.41) is 11.8. The number of hydrogen-bond donors (Lipinski definition) is 0. The van der Waals surface area contributed by atoms with Crippen molar-refractivity contribution in [3.8, 4) is 11.5 Å². The molecule has 164 valence electrons. The number of esters is 1. The molecule has 2 aromatic carbocycles. The summed E-state index contributed by atoms with van der Waals surface area (Å²) in [5.74, 6) is -0.811. The zero-order valence-corrected chi connectivity index (χ0v) is 17.4. The van der Waals surface area contributed by atoms with Gasteiger partial charge in [-0.1, -0.05) is 30.3 Å². The topological polar surface area (TPSA) is 108 Å². The van der Waals surface area contributed by atoms with Gasteiger partial charge in [-0.05, 0) is 24.8 Å². The molecule has 0 saturated carbocycles. The molecule has 1 heterocycles. The minimum atomic E-state index is -0.772. The molecule has 1 amide bonds. The van der Waals surface area contributed by atoms with E-state index < -0.39 is 28.5 Å². The molecule has 0 aromatic heterocycles. The normalized spacial score (nSPS) is 15.8. The van der Waals surface area contributed by atoms with Gasteiger partial charge in [0.1, 0.15) is 18.2 Å². The van der Waals surface area contributed by atoms with Gasteiger partial charge in [0.05, 0.1) is 25.2 Å². The van der Waals surface area contributed by atoms with Crippen LogP contribution >= 0.6 is 0 Å². The molecule has 31 heavy (non-hydrogen) atoms. The lowest BCUT2D eigenvalue weighted by atomic mass is 10.00. The van der Waals surface area contributed by atoms with E-state index in [0.29, 0.717) is 19.4 Å². The van der Waals surface area contributed by atoms with Gasteiger partial charge in [-0.15, -0.1) is 0 Å². The summed E-state index contributed by atoms with van der Waals surface area (Å²) in [6, 6.07) is 11.0. The number of piperidine rings is 1. The highest BCUT2D eigenvalue weighted by Crippen LogP contribution is 2.36.